The molecular formula is C15H15N3O. The molecule has 3 rings (SSSR count). The highest BCUT2D eigenvalue weighted by molar-refractivity contribution is 6.01. The van der Waals surface area contributed by atoms with E-state index < -0.39 is 0 Å². The van der Waals surface area contributed by atoms with Crippen molar-refractivity contribution in [1.82, 2.24) is 0 Å². The number of anilines is 3. The average molecular weight is 253 g/mol. The Kier molecular flexibility index (Phi) is 2.63. The molecular weight excluding hydrogens is 238 g/mol. The Balaban J connectivity index is 1.90. The summed E-state index contributed by atoms with van der Waals surface area (Å²) in [5.74, 6) is 0.109. The van der Waals surface area contributed by atoms with Gasteiger partial charge in [0, 0.05) is 17.1 Å². The van der Waals surface area contributed by atoms with Crippen LogP contribution in [0, 0.1) is 0 Å². The number of rotatable bonds is 2. The number of benzene rings is 2. The summed E-state index contributed by atoms with van der Waals surface area (Å²) < 4.78 is 0. The van der Waals surface area contributed by atoms with Gasteiger partial charge in [-0.15, -0.1) is 0 Å². The Bertz CT molecular complexity index is 634. The molecule has 19 heavy (non-hydrogen) atoms. The molecule has 1 amide bonds. The van der Waals surface area contributed by atoms with Crippen molar-refractivity contribution in [3.05, 3.63) is 53.6 Å². The smallest absolute Gasteiger partial charge is 0.231 e. The predicted molar refractivity (Wildman–Crippen MR) is 76.6 cm³/mol. The molecule has 4 nitrogen and oxygen atoms in total. The van der Waals surface area contributed by atoms with Gasteiger partial charge in [0.1, 0.15) is 0 Å². The van der Waals surface area contributed by atoms with Crippen LogP contribution in [-0.4, -0.2) is 5.91 Å². The van der Waals surface area contributed by atoms with Crippen LogP contribution in [0.3, 0.4) is 0 Å². The van der Waals surface area contributed by atoms with Crippen molar-refractivity contribution in [2.75, 3.05) is 16.4 Å². The van der Waals surface area contributed by atoms with Crippen LogP contribution in [0.2, 0.25) is 0 Å². The first-order chi connectivity index (χ1) is 9.13. The average Bonchev–Trinajstić information content (AvgIpc) is 2.68. The van der Waals surface area contributed by atoms with E-state index in [9.17, 15) is 4.79 Å². The first kappa shape index (κ1) is 11.6. The summed E-state index contributed by atoms with van der Waals surface area (Å²) in [4.78, 5) is 13.9. The molecule has 0 unspecified atom stereocenters. The van der Waals surface area contributed by atoms with Gasteiger partial charge >= 0.3 is 0 Å². The fourth-order valence-corrected chi connectivity index (χ4v) is 2.38. The van der Waals surface area contributed by atoms with Crippen LogP contribution < -0.4 is 16.4 Å². The predicted octanol–water partition coefficient (Wildman–Crippen LogP) is 1.94. The van der Waals surface area contributed by atoms with E-state index in [0.717, 1.165) is 22.5 Å². The molecule has 96 valence electrons. The fourth-order valence-electron chi connectivity index (χ4n) is 2.38. The van der Waals surface area contributed by atoms with E-state index in [4.69, 9.17) is 11.5 Å². The lowest BCUT2D eigenvalue weighted by molar-refractivity contribution is -0.117. The van der Waals surface area contributed by atoms with Crippen molar-refractivity contribution in [2.45, 2.75) is 13.0 Å². The van der Waals surface area contributed by atoms with E-state index in [1.807, 2.05) is 42.5 Å². The highest BCUT2D eigenvalue weighted by Gasteiger charge is 2.27. The monoisotopic (exact) mass is 253 g/mol. The zero-order valence-corrected chi connectivity index (χ0v) is 10.5. The van der Waals surface area contributed by atoms with E-state index in [-0.39, 0.29) is 5.91 Å². The molecule has 1 aliphatic heterocycles. The minimum absolute atomic E-state index is 0.109. The van der Waals surface area contributed by atoms with Crippen molar-refractivity contribution in [3.8, 4) is 0 Å². The third kappa shape index (κ3) is 2.12. The lowest BCUT2D eigenvalue weighted by Gasteiger charge is -2.17. The number of carbonyl (C=O) groups excluding carboxylic acids is 1. The second kappa shape index (κ2) is 4.31. The maximum absolute atomic E-state index is 12.1. The molecule has 0 spiro atoms. The van der Waals surface area contributed by atoms with Gasteiger partial charge in [0.15, 0.2) is 0 Å². The molecule has 0 aliphatic carbocycles. The molecule has 0 radical (unpaired) electrons. The zero-order valence-electron chi connectivity index (χ0n) is 10.5. The molecule has 0 aromatic heterocycles. The summed E-state index contributed by atoms with van der Waals surface area (Å²) in [6.07, 6.45) is 0.426. The van der Waals surface area contributed by atoms with Gasteiger partial charge in [-0.1, -0.05) is 12.1 Å². The van der Waals surface area contributed by atoms with E-state index in [0.29, 0.717) is 18.7 Å². The summed E-state index contributed by atoms with van der Waals surface area (Å²) in [6.45, 7) is 0.566. The van der Waals surface area contributed by atoms with E-state index in [1.165, 1.54) is 0 Å². The quantitative estimate of drug-likeness (QED) is 0.803. The minimum Gasteiger partial charge on any atom is -0.399 e. The Morgan fingerprint density at radius 2 is 1.68 bits per heavy atom. The first-order valence-electron chi connectivity index (χ1n) is 6.16. The molecule has 0 atom stereocenters. The lowest BCUT2D eigenvalue weighted by atomic mass is 10.1. The molecule has 1 heterocycles. The number of carbonyl (C=O) groups is 1. The second-order valence-electron chi connectivity index (χ2n) is 4.79. The largest absolute Gasteiger partial charge is 0.399 e. The SMILES string of the molecule is Nc1ccc(CN2C(=O)Cc3cc(N)ccc32)cc1. The second-order valence-corrected chi connectivity index (χ2v) is 4.79. The summed E-state index contributed by atoms with van der Waals surface area (Å²) in [7, 11) is 0. The minimum atomic E-state index is 0.109. The number of hydrogen-bond acceptors (Lipinski definition) is 3. The molecule has 0 bridgehead atoms. The van der Waals surface area contributed by atoms with Crippen LogP contribution in [-0.2, 0) is 17.8 Å². The number of nitrogen functional groups attached to an aromatic ring is 2. The number of nitrogens with zero attached hydrogens (tertiary/aromatic N) is 1. The van der Waals surface area contributed by atoms with Gasteiger partial charge in [-0.2, -0.15) is 0 Å². The topological polar surface area (TPSA) is 72.3 Å². The molecule has 0 fully saturated rings. The first-order valence-corrected chi connectivity index (χ1v) is 6.16. The number of fused-ring (bicyclic) bond motifs is 1. The van der Waals surface area contributed by atoms with Gasteiger partial charge in [0.2, 0.25) is 5.91 Å². The number of amides is 1. The Hall–Kier alpha value is -2.49. The van der Waals surface area contributed by atoms with Crippen molar-refractivity contribution in [3.63, 3.8) is 0 Å². The molecule has 2 aromatic carbocycles. The van der Waals surface area contributed by atoms with Crippen LogP contribution in [0.25, 0.3) is 0 Å². The van der Waals surface area contributed by atoms with Gasteiger partial charge in [0.05, 0.1) is 13.0 Å². The molecule has 0 saturated heterocycles. The maximum atomic E-state index is 12.1. The van der Waals surface area contributed by atoms with Crippen LogP contribution >= 0.6 is 0 Å². The number of hydrogen-bond donors (Lipinski definition) is 2. The summed E-state index contributed by atoms with van der Waals surface area (Å²) in [5.41, 5.74) is 15.8. The number of nitrogens with two attached hydrogens (primary N) is 2. The highest BCUT2D eigenvalue weighted by Crippen LogP contribution is 2.31. The summed E-state index contributed by atoms with van der Waals surface area (Å²) in [5, 5.41) is 0. The Morgan fingerprint density at radius 3 is 2.42 bits per heavy atom. The fraction of sp³-hybridized carbons (Fsp3) is 0.133. The lowest BCUT2D eigenvalue weighted by Crippen LogP contribution is -2.25. The summed E-state index contributed by atoms with van der Waals surface area (Å²) >= 11 is 0. The van der Waals surface area contributed by atoms with Crippen LogP contribution in [0.15, 0.2) is 42.5 Å². The van der Waals surface area contributed by atoms with Crippen LogP contribution in [0.4, 0.5) is 17.1 Å². The maximum Gasteiger partial charge on any atom is 0.231 e. The third-order valence-corrected chi connectivity index (χ3v) is 3.36. The van der Waals surface area contributed by atoms with Crippen molar-refractivity contribution in [1.29, 1.82) is 0 Å². The Labute approximate surface area is 111 Å². The molecule has 4 heteroatoms. The van der Waals surface area contributed by atoms with Gasteiger partial charge in [-0.25, -0.2) is 0 Å². The van der Waals surface area contributed by atoms with E-state index in [2.05, 4.69) is 0 Å². The van der Waals surface area contributed by atoms with Gasteiger partial charge in [0.25, 0.3) is 0 Å². The summed E-state index contributed by atoms with van der Waals surface area (Å²) in [6, 6.07) is 13.2. The van der Waals surface area contributed by atoms with Gasteiger partial charge in [-0.3, -0.25) is 4.79 Å². The standard InChI is InChI=1S/C15H15N3O/c16-12-3-1-10(2-4-12)9-18-14-6-5-13(17)7-11(14)8-15(18)19/h1-7H,8-9,16-17H2. The Morgan fingerprint density at radius 1 is 1.00 bits per heavy atom. The normalized spacial score (nSPS) is 13.7. The van der Waals surface area contributed by atoms with Crippen molar-refractivity contribution >= 4 is 23.0 Å². The molecule has 0 saturated carbocycles. The van der Waals surface area contributed by atoms with Crippen LogP contribution in [0.1, 0.15) is 11.1 Å². The highest BCUT2D eigenvalue weighted by atomic mass is 16.2. The van der Waals surface area contributed by atoms with Crippen LogP contribution in [0.5, 0.6) is 0 Å². The zero-order chi connectivity index (χ0) is 13.4. The molecule has 2 aromatic rings. The van der Waals surface area contributed by atoms with E-state index in [1.54, 1.807) is 4.90 Å². The third-order valence-electron chi connectivity index (χ3n) is 3.36. The van der Waals surface area contributed by atoms with Crippen molar-refractivity contribution in [2.24, 2.45) is 0 Å². The molecule has 1 aliphatic rings. The molecule has 4 N–H and O–H groups in total. The van der Waals surface area contributed by atoms with Crippen molar-refractivity contribution < 1.29 is 4.79 Å². The van der Waals surface area contributed by atoms with Gasteiger partial charge in [-0.05, 0) is 41.5 Å². The van der Waals surface area contributed by atoms with E-state index >= 15 is 0 Å². The van der Waals surface area contributed by atoms with Gasteiger partial charge < -0.3 is 16.4 Å².